The number of esters is 1. The maximum Gasteiger partial charge on any atom is 0.333 e. The number of nitrogens with one attached hydrogen (secondary N) is 1. The number of aryl methyl sites for hydroxylation is 2. The fourth-order valence-electron chi connectivity index (χ4n) is 2.79. The number of thiophene rings is 1. The molecule has 0 saturated carbocycles. The summed E-state index contributed by atoms with van der Waals surface area (Å²) in [6.07, 6.45) is -0.0343. The zero-order valence-electron chi connectivity index (χ0n) is 16.2. The van der Waals surface area contributed by atoms with Crippen LogP contribution in [0.2, 0.25) is 0 Å². The van der Waals surface area contributed by atoms with E-state index in [1.807, 2.05) is 19.9 Å². The third-order valence-corrected chi connectivity index (χ3v) is 5.16. The second-order valence-electron chi connectivity index (χ2n) is 6.21. The van der Waals surface area contributed by atoms with Crippen molar-refractivity contribution in [1.82, 2.24) is 5.32 Å². The average molecular weight is 405 g/mol. The van der Waals surface area contributed by atoms with Gasteiger partial charge in [-0.2, -0.15) is 0 Å². The van der Waals surface area contributed by atoms with Gasteiger partial charge in [0.2, 0.25) is 5.91 Å². The van der Waals surface area contributed by atoms with E-state index in [9.17, 15) is 19.5 Å². The van der Waals surface area contributed by atoms with Crippen LogP contribution in [0.5, 0.6) is 11.5 Å². The molecule has 2 rings (SSSR count). The molecule has 2 aromatic rings. The lowest BCUT2D eigenvalue weighted by Gasteiger charge is -2.17. The number of hydrogen-bond donors (Lipinski definition) is 2. The van der Waals surface area contributed by atoms with Crippen LogP contribution in [0, 0.1) is 13.8 Å². The zero-order valence-corrected chi connectivity index (χ0v) is 17.0. The highest BCUT2D eigenvalue weighted by Gasteiger charge is 2.25. The number of Topliss-reactive ketones (excluding diaryl/α,β-unsaturated/α-hetero) is 1. The predicted octanol–water partition coefficient (Wildman–Crippen LogP) is 3.07. The number of ether oxygens (including phenoxy) is 2. The van der Waals surface area contributed by atoms with Crippen LogP contribution >= 0.6 is 11.3 Å². The van der Waals surface area contributed by atoms with Crippen LogP contribution in [0.15, 0.2) is 24.3 Å². The van der Waals surface area contributed by atoms with Crippen molar-refractivity contribution in [2.75, 3.05) is 14.2 Å². The fourth-order valence-corrected chi connectivity index (χ4v) is 3.73. The first-order valence-electron chi connectivity index (χ1n) is 8.61. The first kappa shape index (κ1) is 21.4. The summed E-state index contributed by atoms with van der Waals surface area (Å²) in [6.45, 7) is 3.79. The molecule has 1 amide bonds. The molecule has 1 heterocycles. The van der Waals surface area contributed by atoms with Gasteiger partial charge < -0.3 is 19.9 Å². The third kappa shape index (κ3) is 5.10. The molecule has 2 N–H and O–H groups in total. The number of aromatic hydroxyl groups is 1. The monoisotopic (exact) mass is 405 g/mol. The zero-order chi connectivity index (χ0) is 20.8. The van der Waals surface area contributed by atoms with Gasteiger partial charge in [-0.3, -0.25) is 9.59 Å². The van der Waals surface area contributed by atoms with Crippen molar-refractivity contribution in [3.63, 3.8) is 0 Å². The summed E-state index contributed by atoms with van der Waals surface area (Å²) in [5.41, 5.74) is 0.967. The lowest BCUT2D eigenvalue weighted by Crippen LogP contribution is -2.34. The number of amides is 1. The summed E-state index contributed by atoms with van der Waals surface area (Å²) in [5.74, 6) is -1.20. The maximum atomic E-state index is 12.3. The van der Waals surface area contributed by atoms with Gasteiger partial charge in [-0.05, 0) is 37.6 Å². The molecule has 0 fully saturated rings. The molecule has 0 aliphatic rings. The number of ketones is 1. The molecule has 1 aromatic heterocycles. The number of carbonyl (C=O) groups is 3. The summed E-state index contributed by atoms with van der Waals surface area (Å²) in [5, 5.41) is 12.5. The second kappa shape index (κ2) is 9.36. The van der Waals surface area contributed by atoms with Crippen molar-refractivity contribution in [2.24, 2.45) is 0 Å². The summed E-state index contributed by atoms with van der Waals surface area (Å²) in [6, 6.07) is 5.07. The van der Waals surface area contributed by atoms with Gasteiger partial charge in [0, 0.05) is 28.2 Å². The molecule has 8 heteroatoms. The van der Waals surface area contributed by atoms with Crippen molar-refractivity contribution in [2.45, 2.75) is 32.7 Å². The van der Waals surface area contributed by atoms with E-state index in [2.05, 4.69) is 5.32 Å². The van der Waals surface area contributed by atoms with Gasteiger partial charge in [0.25, 0.3) is 0 Å². The Balaban J connectivity index is 2.07. The van der Waals surface area contributed by atoms with Gasteiger partial charge in [-0.1, -0.05) is 6.07 Å². The summed E-state index contributed by atoms with van der Waals surface area (Å²) < 4.78 is 9.72. The van der Waals surface area contributed by atoms with E-state index in [4.69, 9.17) is 9.47 Å². The Hall–Kier alpha value is -2.87. The summed E-state index contributed by atoms with van der Waals surface area (Å²) in [7, 11) is 2.61. The van der Waals surface area contributed by atoms with Crippen molar-refractivity contribution < 1.29 is 29.0 Å². The van der Waals surface area contributed by atoms with E-state index in [1.54, 1.807) is 6.07 Å². The van der Waals surface area contributed by atoms with Gasteiger partial charge in [-0.25, -0.2) is 4.79 Å². The first-order chi connectivity index (χ1) is 13.3. The maximum absolute atomic E-state index is 12.3. The molecule has 1 atom stereocenters. The number of hydrogen-bond acceptors (Lipinski definition) is 7. The van der Waals surface area contributed by atoms with E-state index in [-0.39, 0.29) is 30.1 Å². The number of benzene rings is 1. The third-order valence-electron chi connectivity index (χ3n) is 4.20. The summed E-state index contributed by atoms with van der Waals surface area (Å²) in [4.78, 5) is 38.7. The Kier molecular flexibility index (Phi) is 7.17. The van der Waals surface area contributed by atoms with Crippen LogP contribution < -0.4 is 10.1 Å². The second-order valence-corrected chi connectivity index (χ2v) is 7.67. The van der Waals surface area contributed by atoms with E-state index >= 15 is 0 Å². The molecule has 0 aliphatic heterocycles. The first-order valence-corrected chi connectivity index (χ1v) is 9.42. The molecule has 28 heavy (non-hydrogen) atoms. The minimum absolute atomic E-state index is 0.0323. The van der Waals surface area contributed by atoms with Gasteiger partial charge in [0.1, 0.15) is 0 Å². The normalized spacial score (nSPS) is 11.6. The topological polar surface area (TPSA) is 102 Å². The van der Waals surface area contributed by atoms with Crippen LogP contribution in [0.3, 0.4) is 0 Å². The van der Waals surface area contributed by atoms with Crippen molar-refractivity contribution >= 4 is 29.0 Å². The van der Waals surface area contributed by atoms with Crippen molar-refractivity contribution in [3.8, 4) is 11.5 Å². The lowest BCUT2D eigenvalue weighted by molar-refractivity contribution is -0.145. The number of phenolic OH excluding ortho intramolecular Hbond substituents is 1. The number of rotatable bonds is 8. The van der Waals surface area contributed by atoms with E-state index in [1.165, 1.54) is 37.7 Å². The number of phenols is 1. The minimum atomic E-state index is -1.10. The largest absolute Gasteiger partial charge is 0.504 e. The van der Waals surface area contributed by atoms with Crippen LogP contribution in [-0.4, -0.2) is 37.0 Å². The van der Waals surface area contributed by atoms with Crippen molar-refractivity contribution in [3.05, 3.63) is 45.1 Å². The van der Waals surface area contributed by atoms with Crippen LogP contribution in [0.1, 0.15) is 44.6 Å². The number of methoxy groups -OCH3 is 2. The van der Waals surface area contributed by atoms with Gasteiger partial charge in [0.05, 0.1) is 14.2 Å². The van der Waals surface area contributed by atoms with E-state index in [0.717, 1.165) is 9.75 Å². The highest BCUT2D eigenvalue weighted by atomic mass is 32.1. The van der Waals surface area contributed by atoms with Crippen LogP contribution in [0.25, 0.3) is 0 Å². The minimum Gasteiger partial charge on any atom is -0.504 e. The highest BCUT2D eigenvalue weighted by Crippen LogP contribution is 2.29. The van der Waals surface area contributed by atoms with E-state index in [0.29, 0.717) is 11.1 Å². The smallest absolute Gasteiger partial charge is 0.333 e. The highest BCUT2D eigenvalue weighted by molar-refractivity contribution is 7.12. The Morgan fingerprint density at radius 1 is 1.14 bits per heavy atom. The average Bonchev–Trinajstić information content (AvgIpc) is 3.01. The lowest BCUT2D eigenvalue weighted by atomic mass is 10.0. The Morgan fingerprint density at radius 2 is 1.86 bits per heavy atom. The van der Waals surface area contributed by atoms with Gasteiger partial charge >= 0.3 is 5.97 Å². The fraction of sp³-hybridized carbons (Fsp3) is 0.350. The molecule has 0 aliphatic carbocycles. The van der Waals surface area contributed by atoms with Crippen LogP contribution in [0.4, 0.5) is 0 Å². The molecule has 0 unspecified atom stereocenters. The predicted molar refractivity (Wildman–Crippen MR) is 105 cm³/mol. The quantitative estimate of drug-likeness (QED) is 0.517. The molecule has 0 spiro atoms. The SMILES string of the molecule is COC(=O)[C@@H](NC(=O)CCC(=O)c1cc(C)sc1C)c1ccc(OC)c(O)c1. The Morgan fingerprint density at radius 3 is 2.39 bits per heavy atom. The van der Waals surface area contributed by atoms with E-state index < -0.39 is 17.9 Å². The Bertz CT molecular complexity index is 889. The molecular weight excluding hydrogens is 382 g/mol. The molecule has 0 radical (unpaired) electrons. The van der Waals surface area contributed by atoms with Gasteiger partial charge in [0.15, 0.2) is 23.3 Å². The van der Waals surface area contributed by atoms with Gasteiger partial charge in [-0.15, -0.1) is 11.3 Å². The Labute approximate surface area is 167 Å². The van der Waals surface area contributed by atoms with Crippen molar-refractivity contribution in [1.29, 1.82) is 0 Å². The molecule has 1 aromatic carbocycles. The molecule has 0 bridgehead atoms. The molecule has 150 valence electrons. The molecular formula is C20H23NO6S. The van der Waals surface area contributed by atoms with Crippen LogP contribution in [-0.2, 0) is 14.3 Å². The standard InChI is InChI=1S/C20H23NO6S/c1-11-9-14(12(2)28-11)15(22)6-8-18(24)21-19(20(25)27-4)13-5-7-17(26-3)16(23)10-13/h5,7,9-10,19,23H,6,8H2,1-4H3,(H,21,24)/t19-/m0/s1. The molecule has 0 saturated heterocycles. The summed E-state index contributed by atoms with van der Waals surface area (Å²) >= 11 is 1.53. The molecule has 7 nitrogen and oxygen atoms in total. The number of carbonyl (C=O) groups excluding carboxylic acids is 3.